The molecule has 3 aromatic rings. The van der Waals surface area contributed by atoms with Crippen LogP contribution in [0, 0.1) is 5.82 Å². The summed E-state index contributed by atoms with van der Waals surface area (Å²) >= 11 is -1.99. The zero-order valence-corrected chi connectivity index (χ0v) is 19.5. The van der Waals surface area contributed by atoms with Crippen molar-refractivity contribution < 1.29 is 27.6 Å². The van der Waals surface area contributed by atoms with Gasteiger partial charge in [-0.2, -0.15) is 4.72 Å². The smallest absolute Gasteiger partial charge is 0.328 e. The number of fused-ring (bicyclic) bond motifs is 1. The van der Waals surface area contributed by atoms with Gasteiger partial charge in [0.15, 0.2) is 17.3 Å². The number of carbonyl (C=O) groups is 1. The van der Waals surface area contributed by atoms with Crippen molar-refractivity contribution in [3.63, 3.8) is 0 Å². The van der Waals surface area contributed by atoms with Gasteiger partial charge in [0.1, 0.15) is 22.8 Å². The predicted molar refractivity (Wildman–Crippen MR) is 125 cm³/mol. The van der Waals surface area contributed by atoms with Crippen LogP contribution in [0.25, 0.3) is 11.0 Å². The molecule has 1 atom stereocenters. The normalized spacial score (nSPS) is 14.1. The monoisotopic (exact) mass is 474 g/mol. The maximum Gasteiger partial charge on any atom is 0.328 e. The van der Waals surface area contributed by atoms with Crippen LogP contribution in [0.4, 0.5) is 10.1 Å². The Hall–Kier alpha value is -2.91. The third-order valence-electron chi connectivity index (χ3n) is 5.25. The van der Waals surface area contributed by atoms with Crippen LogP contribution in [-0.2, 0) is 11.4 Å². The third kappa shape index (κ3) is 5.04. The van der Waals surface area contributed by atoms with Gasteiger partial charge in [0, 0.05) is 30.9 Å². The summed E-state index contributed by atoms with van der Waals surface area (Å²) in [6.45, 7) is 6.50. The van der Waals surface area contributed by atoms with Crippen LogP contribution >= 0.6 is 0 Å². The summed E-state index contributed by atoms with van der Waals surface area (Å²) in [7, 11) is 0. The molecule has 1 saturated heterocycles. The molecular weight excluding hydrogens is 447 g/mol. The standard InChI is InChI=1S/C24H27FN2O5S/c1-3-11-30-19-7-5-8-20(31-12-4-2)23(19)33(29)26-24(28)22-15-17-18(25)13-16(14-21(17)32-22)27-9-6-10-27/h5,7-8,13-15H,3-4,6,9-12H2,1-2H3,(H,26,28). The molecule has 1 unspecified atom stereocenters. The Morgan fingerprint density at radius 1 is 1.15 bits per heavy atom. The van der Waals surface area contributed by atoms with Crippen molar-refractivity contribution in [2.45, 2.75) is 38.0 Å². The summed E-state index contributed by atoms with van der Waals surface area (Å²) in [6.07, 6.45) is 2.59. The van der Waals surface area contributed by atoms with E-state index in [1.165, 1.54) is 12.1 Å². The van der Waals surface area contributed by atoms with Crippen molar-refractivity contribution in [1.82, 2.24) is 4.72 Å². The van der Waals surface area contributed by atoms with Crippen LogP contribution in [0.2, 0.25) is 0 Å². The van der Waals surface area contributed by atoms with Crippen LogP contribution in [0.3, 0.4) is 0 Å². The Labute approximate surface area is 195 Å². The van der Waals surface area contributed by atoms with Gasteiger partial charge in [-0.25, -0.2) is 4.39 Å². The first-order chi connectivity index (χ1) is 16.0. The maximum absolute atomic E-state index is 14.6. The number of ether oxygens (including phenoxy) is 2. The molecule has 1 aliphatic rings. The summed E-state index contributed by atoms with van der Waals surface area (Å²) in [5.74, 6) is -0.563. The SMILES string of the molecule is CCCOc1cccc(OCCC)c1[S+]([O-])NC(=O)c1cc2c(F)cc(N3CCC3)cc2o1. The number of hydrogen-bond donors (Lipinski definition) is 1. The van der Waals surface area contributed by atoms with Gasteiger partial charge in [-0.05, 0) is 37.5 Å². The Bertz CT molecular complexity index is 1110. The lowest BCUT2D eigenvalue weighted by molar-refractivity contribution is 0.0956. The molecule has 1 aromatic heterocycles. The van der Waals surface area contributed by atoms with Crippen LogP contribution in [0.15, 0.2) is 45.7 Å². The zero-order valence-electron chi connectivity index (χ0n) is 18.7. The topological polar surface area (TPSA) is 87.0 Å². The minimum Gasteiger partial charge on any atom is -0.588 e. The largest absolute Gasteiger partial charge is 0.588 e. The van der Waals surface area contributed by atoms with E-state index in [1.54, 1.807) is 24.3 Å². The van der Waals surface area contributed by atoms with Gasteiger partial charge in [0.25, 0.3) is 4.90 Å². The predicted octanol–water partition coefficient (Wildman–Crippen LogP) is 4.81. The van der Waals surface area contributed by atoms with Gasteiger partial charge >= 0.3 is 5.91 Å². The number of carbonyl (C=O) groups excluding carboxylic acids is 1. The number of rotatable bonds is 10. The molecule has 176 valence electrons. The van der Waals surface area contributed by atoms with Gasteiger partial charge in [0.05, 0.1) is 18.6 Å². The van der Waals surface area contributed by atoms with Gasteiger partial charge in [0.2, 0.25) is 0 Å². The molecule has 33 heavy (non-hydrogen) atoms. The van der Waals surface area contributed by atoms with Crippen molar-refractivity contribution in [2.75, 3.05) is 31.2 Å². The van der Waals surface area contributed by atoms with Gasteiger partial charge < -0.3 is 23.3 Å². The second kappa shape index (κ2) is 10.4. The fourth-order valence-electron chi connectivity index (χ4n) is 3.47. The quantitative estimate of drug-likeness (QED) is 0.424. The third-order valence-corrected chi connectivity index (χ3v) is 6.40. The molecule has 1 amide bonds. The zero-order chi connectivity index (χ0) is 23.4. The lowest BCUT2D eigenvalue weighted by Gasteiger charge is -2.33. The minimum absolute atomic E-state index is 0.124. The van der Waals surface area contributed by atoms with E-state index in [9.17, 15) is 13.7 Å². The molecular formula is C24H27FN2O5S. The van der Waals surface area contributed by atoms with E-state index < -0.39 is 23.1 Å². The lowest BCUT2D eigenvalue weighted by Crippen LogP contribution is -2.36. The molecule has 2 heterocycles. The maximum atomic E-state index is 14.6. The number of anilines is 1. The summed E-state index contributed by atoms with van der Waals surface area (Å²) in [5.41, 5.74) is 0.988. The van der Waals surface area contributed by atoms with E-state index in [4.69, 9.17) is 13.9 Å². The van der Waals surface area contributed by atoms with E-state index in [1.807, 2.05) is 18.7 Å². The molecule has 0 bridgehead atoms. The van der Waals surface area contributed by atoms with Crippen LogP contribution in [0.1, 0.15) is 43.7 Å². The van der Waals surface area contributed by atoms with Gasteiger partial charge in [-0.15, -0.1) is 0 Å². The van der Waals surface area contributed by atoms with E-state index in [0.29, 0.717) is 24.7 Å². The molecule has 1 fully saturated rings. The Morgan fingerprint density at radius 2 is 1.82 bits per heavy atom. The molecule has 2 aromatic carbocycles. The molecule has 0 radical (unpaired) electrons. The first kappa shape index (κ1) is 23.3. The molecule has 0 spiro atoms. The highest BCUT2D eigenvalue weighted by Gasteiger charge is 2.29. The highest BCUT2D eigenvalue weighted by Crippen LogP contribution is 2.34. The first-order valence-corrected chi connectivity index (χ1v) is 12.3. The average molecular weight is 475 g/mol. The summed E-state index contributed by atoms with van der Waals surface area (Å²) in [6, 6.07) is 9.59. The molecule has 9 heteroatoms. The van der Waals surface area contributed by atoms with Crippen LogP contribution in [-0.4, -0.2) is 36.8 Å². The van der Waals surface area contributed by atoms with E-state index >= 15 is 0 Å². The summed E-state index contributed by atoms with van der Waals surface area (Å²) in [4.78, 5) is 15.1. The Balaban J connectivity index is 1.58. The number of nitrogens with zero attached hydrogens (tertiary/aromatic N) is 1. The minimum atomic E-state index is -1.99. The van der Waals surface area contributed by atoms with Gasteiger partial charge in [-0.1, -0.05) is 19.9 Å². The fraction of sp³-hybridized carbons (Fsp3) is 0.375. The van der Waals surface area contributed by atoms with E-state index in [0.717, 1.165) is 38.0 Å². The Kier molecular flexibility index (Phi) is 7.29. The number of amides is 1. The van der Waals surface area contributed by atoms with Crippen LogP contribution in [0.5, 0.6) is 11.5 Å². The highest BCUT2D eigenvalue weighted by molar-refractivity contribution is 7.90. The van der Waals surface area contributed by atoms with Crippen molar-refractivity contribution in [3.05, 3.63) is 48.0 Å². The summed E-state index contributed by atoms with van der Waals surface area (Å²) < 4.78 is 47.3. The number of furan rings is 1. The first-order valence-electron chi connectivity index (χ1n) is 11.1. The average Bonchev–Trinajstić information content (AvgIpc) is 3.20. The number of nitrogens with one attached hydrogen (secondary N) is 1. The van der Waals surface area contributed by atoms with E-state index in [2.05, 4.69) is 4.72 Å². The molecule has 0 aliphatic carbocycles. The number of hydrogen-bond acceptors (Lipinski definition) is 6. The summed E-state index contributed by atoms with van der Waals surface area (Å²) in [5, 5.41) is 0.203. The van der Waals surface area contributed by atoms with Crippen molar-refractivity contribution in [1.29, 1.82) is 0 Å². The Morgan fingerprint density at radius 3 is 2.39 bits per heavy atom. The van der Waals surface area contributed by atoms with Crippen LogP contribution < -0.4 is 19.1 Å². The number of halogens is 1. The number of benzene rings is 2. The van der Waals surface area contributed by atoms with Crippen molar-refractivity contribution >= 4 is 33.9 Å². The second-order valence-corrected chi connectivity index (χ2v) is 8.92. The van der Waals surface area contributed by atoms with Crippen molar-refractivity contribution in [3.8, 4) is 11.5 Å². The molecule has 1 aliphatic heterocycles. The molecule has 4 rings (SSSR count). The van der Waals surface area contributed by atoms with Crippen molar-refractivity contribution in [2.24, 2.45) is 0 Å². The molecule has 0 saturated carbocycles. The van der Waals surface area contributed by atoms with Gasteiger partial charge in [-0.3, -0.25) is 4.79 Å². The molecule has 7 nitrogen and oxygen atoms in total. The fourth-order valence-corrected chi connectivity index (χ4v) is 4.46. The highest BCUT2D eigenvalue weighted by atomic mass is 32.2. The van der Waals surface area contributed by atoms with E-state index in [-0.39, 0.29) is 21.6 Å². The molecule has 1 N–H and O–H groups in total. The lowest BCUT2D eigenvalue weighted by atomic mass is 10.1. The second-order valence-electron chi connectivity index (χ2n) is 7.77.